The Labute approximate surface area is 385 Å². The van der Waals surface area contributed by atoms with Gasteiger partial charge < -0.3 is 28.4 Å². The lowest BCUT2D eigenvalue weighted by molar-refractivity contribution is -0.161. The van der Waals surface area contributed by atoms with Gasteiger partial charge in [-0.1, -0.05) is 46.4 Å². The van der Waals surface area contributed by atoms with Crippen LogP contribution in [0.1, 0.15) is 59.6 Å². The molecule has 4 aromatic heterocycles. The molecule has 0 radical (unpaired) electrons. The van der Waals surface area contributed by atoms with E-state index in [1.807, 2.05) is 0 Å². The van der Waals surface area contributed by atoms with Gasteiger partial charge in [-0.15, -0.1) is 10.0 Å². The van der Waals surface area contributed by atoms with Crippen LogP contribution < -0.4 is 0 Å². The van der Waals surface area contributed by atoms with Crippen molar-refractivity contribution in [2.75, 3.05) is 39.6 Å². The van der Waals surface area contributed by atoms with Gasteiger partial charge >= 0.3 is 41.6 Å². The minimum Gasteiger partial charge on any atom is -0.466 e. The molecule has 0 unspecified atom stereocenters. The van der Waals surface area contributed by atoms with E-state index in [9.17, 15) is 28.8 Å². The summed E-state index contributed by atoms with van der Waals surface area (Å²) in [4.78, 5) is 81.7. The zero-order chi connectivity index (χ0) is 47.3. The van der Waals surface area contributed by atoms with Crippen molar-refractivity contribution >= 4 is 105 Å². The summed E-state index contributed by atoms with van der Waals surface area (Å²) in [6, 6.07) is 6.30. The monoisotopic (exact) mass is 968 g/mol. The van der Waals surface area contributed by atoms with E-state index in [1.54, 1.807) is 65.9 Å². The van der Waals surface area contributed by atoms with Crippen molar-refractivity contribution in [2.24, 2.45) is 16.0 Å². The van der Waals surface area contributed by atoms with E-state index in [2.05, 4.69) is 45.9 Å². The third kappa shape index (κ3) is 14.9. The maximum atomic E-state index is 12.1. The second-order valence-corrected chi connectivity index (χ2v) is 13.4. The molecule has 0 saturated heterocycles. The Morgan fingerprint density at radius 2 is 1.08 bits per heavy atom. The minimum absolute atomic E-state index is 0.130. The van der Waals surface area contributed by atoms with Gasteiger partial charge in [0.1, 0.15) is 21.9 Å². The first kappa shape index (κ1) is 52.1. The number of ether oxygens (including phenoxy) is 6. The molecule has 0 N–H and O–H groups in total. The van der Waals surface area contributed by atoms with Crippen LogP contribution >= 0.6 is 46.4 Å². The third-order valence-electron chi connectivity index (χ3n) is 7.50. The summed E-state index contributed by atoms with van der Waals surface area (Å²) in [5, 5.41) is 14.3. The fourth-order valence-corrected chi connectivity index (χ4v) is 5.98. The highest BCUT2D eigenvalue weighted by Gasteiger charge is 2.43. The average molecular weight is 971 g/mol. The first-order valence-corrected chi connectivity index (χ1v) is 20.7. The number of carbonyl (C=O) groups excluding carboxylic acids is 6. The van der Waals surface area contributed by atoms with Crippen molar-refractivity contribution in [1.82, 2.24) is 34.2 Å². The molecular formula is C39H42Cl4N9O12+. The molecule has 0 aromatic carbocycles. The predicted molar refractivity (Wildman–Crippen MR) is 230 cm³/mol. The van der Waals surface area contributed by atoms with Crippen LogP contribution in [0.2, 0.25) is 15.5 Å². The van der Waals surface area contributed by atoms with Crippen molar-refractivity contribution in [3.8, 4) is 0 Å². The van der Waals surface area contributed by atoms with Gasteiger partial charge in [-0.2, -0.15) is 10.2 Å². The lowest BCUT2D eigenvalue weighted by Crippen LogP contribution is -2.36. The van der Waals surface area contributed by atoms with E-state index >= 15 is 0 Å². The fourth-order valence-electron chi connectivity index (χ4n) is 5.06. The molecule has 2 aliphatic rings. The number of allylic oxidation sites excluding steroid dienone is 2. The summed E-state index contributed by atoms with van der Waals surface area (Å²) in [7, 11) is 0. The Balaban J connectivity index is 0.000000237. The maximum absolute atomic E-state index is 12.1. The van der Waals surface area contributed by atoms with Crippen LogP contribution in [-0.4, -0.2) is 121 Å². The van der Waals surface area contributed by atoms with E-state index in [-0.39, 0.29) is 67.8 Å². The van der Waals surface area contributed by atoms with Gasteiger partial charge in [-0.05, 0) is 47.6 Å². The number of nitrogens with zero attached hydrogens (tertiary/aromatic N) is 9. The van der Waals surface area contributed by atoms with Crippen molar-refractivity contribution in [2.45, 2.75) is 53.9 Å². The number of rotatable bonds is 14. The molecule has 0 amide bonds. The van der Waals surface area contributed by atoms with Crippen LogP contribution in [0.4, 0.5) is 0 Å². The Hall–Kier alpha value is -6.25. The normalized spacial score (nSPS) is 12.1. The van der Waals surface area contributed by atoms with Gasteiger partial charge in [-0.25, -0.2) is 19.0 Å². The van der Waals surface area contributed by atoms with Crippen molar-refractivity contribution in [3.63, 3.8) is 0 Å². The second-order valence-electron chi connectivity index (χ2n) is 11.8. The molecular weight excluding hydrogens is 928 g/mol. The zero-order valence-electron chi connectivity index (χ0n) is 35.2. The number of hydrazone groups is 1. The number of aromatic nitrogens is 6. The lowest BCUT2D eigenvalue weighted by atomic mass is 10.0. The summed E-state index contributed by atoms with van der Waals surface area (Å²) >= 11 is 23.4. The number of hydrogen-bond acceptors (Lipinski definition) is 19. The highest BCUT2D eigenvalue weighted by atomic mass is 35.5. The lowest BCUT2D eigenvalue weighted by Gasteiger charge is -2.21. The number of halogens is 4. The summed E-state index contributed by atoms with van der Waals surface area (Å²) in [6.07, 6.45) is 8.30. The molecule has 0 atom stereocenters. The highest BCUT2D eigenvalue weighted by Crippen LogP contribution is 2.31. The molecule has 6 heterocycles. The molecule has 0 fully saturated rings. The number of esters is 6. The van der Waals surface area contributed by atoms with Crippen LogP contribution in [0.5, 0.6) is 0 Å². The molecule has 21 nitrogen and oxygen atoms in total. The SMILES string of the molecule is CCOC(=O)C(C(=O)OCC)C1=CC(Cl)=NC2=C[C+]=NN21.CCOC(=O)C(C(=O)OCC)c1cc(Cl)n2nccc2n1.CCOC(=O)CC(=O)OCC.Clc1cc(Cl)n2nccc2n1. The van der Waals surface area contributed by atoms with Gasteiger partial charge in [0.05, 0.1) is 63.4 Å². The second kappa shape index (κ2) is 26.4. The smallest absolute Gasteiger partial charge is 0.326 e. The molecule has 0 aliphatic carbocycles. The van der Waals surface area contributed by atoms with Crippen LogP contribution in [0.3, 0.4) is 0 Å². The summed E-state index contributed by atoms with van der Waals surface area (Å²) in [5.41, 5.74) is 1.48. The number of hydrogen-bond donors (Lipinski definition) is 0. The Bertz CT molecular complexity index is 2370. The highest BCUT2D eigenvalue weighted by molar-refractivity contribution is 6.68. The van der Waals surface area contributed by atoms with Gasteiger partial charge in [0.15, 0.2) is 28.3 Å². The Morgan fingerprint density at radius 3 is 1.56 bits per heavy atom. The third-order valence-corrected chi connectivity index (χ3v) is 8.43. The number of aliphatic imine (C=N–C) groups is 1. The van der Waals surface area contributed by atoms with E-state index in [1.165, 1.54) is 38.5 Å². The van der Waals surface area contributed by atoms with E-state index < -0.39 is 47.7 Å². The molecule has 0 spiro atoms. The van der Waals surface area contributed by atoms with Gasteiger partial charge in [0.2, 0.25) is 12.3 Å². The summed E-state index contributed by atoms with van der Waals surface area (Å²) in [5.74, 6) is -6.13. The van der Waals surface area contributed by atoms with Crippen molar-refractivity contribution < 1.29 is 57.2 Å². The first-order chi connectivity index (χ1) is 30.6. The predicted octanol–water partition coefficient (Wildman–Crippen LogP) is 5.41. The molecule has 0 saturated carbocycles. The van der Waals surface area contributed by atoms with Crippen LogP contribution in [0, 0.1) is 5.92 Å². The van der Waals surface area contributed by atoms with Gasteiger partial charge in [0, 0.05) is 29.4 Å². The average Bonchev–Trinajstić information content (AvgIpc) is 4.02. The maximum Gasteiger partial charge on any atom is 0.326 e. The Kier molecular flexibility index (Phi) is 21.5. The summed E-state index contributed by atoms with van der Waals surface area (Å²) < 4.78 is 31.6. The standard InChI is InChI=1S/C13H13ClN3O4.C13H14ClN3O4.C7H12O4.C6H3Cl2N3/c1-3-20-12(18)11(13(19)21-4-2)8-7-9(14)16-10-5-6-15-17(8)10;1-3-20-12(18)11(13(19)21-4-2)8-7-9(14)17-10(16-8)5-6-15-17;1-3-10-6(8)5-7(9)11-4-2;7-4-3-5(8)11-6(10-4)1-2-9-11/h5,7,11H,3-4H2,1-2H3;5-7,11H,3-4H2,1-2H3;3-5H2,1-2H3;1-3H/q+1;;;. The van der Waals surface area contributed by atoms with E-state index in [0.717, 1.165) is 0 Å². The van der Waals surface area contributed by atoms with Crippen LogP contribution in [0.25, 0.3) is 11.3 Å². The molecule has 0 bridgehead atoms. The molecule has 6 rings (SSSR count). The Morgan fingerprint density at radius 1 is 0.625 bits per heavy atom. The molecule has 25 heteroatoms. The van der Waals surface area contributed by atoms with E-state index in [0.29, 0.717) is 27.4 Å². The zero-order valence-corrected chi connectivity index (χ0v) is 38.2. The number of carbonyl (C=O) groups is 6. The quantitative estimate of drug-likeness (QED) is 0.0504. The van der Waals surface area contributed by atoms with E-state index in [4.69, 9.17) is 65.4 Å². The number of fused-ring (bicyclic) bond motifs is 3. The minimum atomic E-state index is -1.28. The summed E-state index contributed by atoms with van der Waals surface area (Å²) in [6.45, 7) is 11.1. The fraction of sp³-hybridized carbons (Fsp3) is 0.385. The molecule has 2 aliphatic heterocycles. The van der Waals surface area contributed by atoms with Crippen LogP contribution in [0.15, 0.2) is 70.4 Å². The molecule has 342 valence electrons. The van der Waals surface area contributed by atoms with Crippen LogP contribution in [-0.2, 0) is 57.2 Å². The molecule has 4 aromatic rings. The van der Waals surface area contributed by atoms with Crippen molar-refractivity contribution in [3.05, 3.63) is 81.5 Å². The van der Waals surface area contributed by atoms with Gasteiger partial charge in [-0.3, -0.25) is 28.8 Å². The topological polar surface area (TPSA) is 246 Å². The molecule has 64 heavy (non-hydrogen) atoms. The van der Waals surface area contributed by atoms with Crippen molar-refractivity contribution in [1.29, 1.82) is 0 Å². The largest absolute Gasteiger partial charge is 0.466 e. The first-order valence-electron chi connectivity index (χ1n) is 19.2. The van der Waals surface area contributed by atoms with Gasteiger partial charge in [0.25, 0.3) is 0 Å².